The first-order valence-corrected chi connectivity index (χ1v) is 7.53. The number of pyridine rings is 1. The summed E-state index contributed by atoms with van der Waals surface area (Å²) in [5.41, 5.74) is 0.687. The Balaban J connectivity index is 1.61. The second-order valence-corrected chi connectivity index (χ2v) is 5.22. The lowest BCUT2D eigenvalue weighted by molar-refractivity contribution is 0.100. The van der Waals surface area contributed by atoms with Crippen molar-refractivity contribution in [3.05, 3.63) is 71.7 Å². The monoisotopic (exact) mass is 337 g/mol. The van der Waals surface area contributed by atoms with E-state index in [0.29, 0.717) is 22.9 Å². The number of aromatic nitrogens is 2. The highest BCUT2D eigenvalue weighted by Crippen LogP contribution is 2.16. The molecule has 0 fully saturated rings. The number of nitrogens with one attached hydrogen (secondary N) is 1. The number of carbonyl (C=O) groups excluding carboxylic acids is 2. The van der Waals surface area contributed by atoms with Crippen LogP contribution in [-0.4, -0.2) is 21.8 Å². The summed E-state index contributed by atoms with van der Waals surface area (Å²) in [5.74, 6) is 0.878. The van der Waals surface area contributed by atoms with Gasteiger partial charge in [-0.05, 0) is 31.2 Å². The number of Topliss-reactive ketones (excluding diaryl/α,β-unsaturated/α-hetero) is 1. The molecule has 7 heteroatoms. The van der Waals surface area contributed by atoms with E-state index in [0.717, 1.165) is 0 Å². The zero-order valence-corrected chi connectivity index (χ0v) is 13.4. The zero-order chi connectivity index (χ0) is 17.6. The molecule has 0 aliphatic heterocycles. The number of carbonyl (C=O) groups is 2. The Morgan fingerprint density at radius 1 is 1.16 bits per heavy atom. The number of hydrogen-bond donors (Lipinski definition) is 1. The summed E-state index contributed by atoms with van der Waals surface area (Å²) < 4.78 is 10.7. The average molecular weight is 337 g/mol. The minimum absolute atomic E-state index is 0.0430. The van der Waals surface area contributed by atoms with E-state index in [-0.39, 0.29) is 18.1 Å². The fourth-order valence-electron chi connectivity index (χ4n) is 2.06. The number of rotatable bonds is 6. The van der Waals surface area contributed by atoms with Gasteiger partial charge in [0.05, 0.1) is 0 Å². The van der Waals surface area contributed by atoms with Crippen molar-refractivity contribution in [2.24, 2.45) is 0 Å². The van der Waals surface area contributed by atoms with Gasteiger partial charge in [-0.15, -0.1) is 0 Å². The molecule has 0 unspecified atom stereocenters. The number of anilines is 1. The summed E-state index contributed by atoms with van der Waals surface area (Å²) in [5, 5.41) is 6.34. The first kappa shape index (κ1) is 16.4. The predicted molar refractivity (Wildman–Crippen MR) is 89.5 cm³/mol. The van der Waals surface area contributed by atoms with Gasteiger partial charge in [-0.2, -0.15) is 0 Å². The maximum Gasteiger partial charge on any atom is 0.279 e. The Labute approximate surface area is 143 Å². The van der Waals surface area contributed by atoms with Crippen LogP contribution in [-0.2, 0) is 6.61 Å². The van der Waals surface area contributed by atoms with Crippen LogP contribution < -0.4 is 10.1 Å². The smallest absolute Gasteiger partial charge is 0.279 e. The molecule has 0 atom stereocenters. The predicted octanol–water partition coefficient (Wildman–Crippen LogP) is 3.10. The van der Waals surface area contributed by atoms with E-state index in [2.05, 4.69) is 15.5 Å². The van der Waals surface area contributed by atoms with Gasteiger partial charge in [-0.3, -0.25) is 9.59 Å². The van der Waals surface area contributed by atoms with Gasteiger partial charge in [0.25, 0.3) is 5.91 Å². The van der Waals surface area contributed by atoms with Crippen LogP contribution in [0.3, 0.4) is 0 Å². The molecule has 0 radical (unpaired) electrons. The second kappa shape index (κ2) is 7.39. The van der Waals surface area contributed by atoms with Crippen molar-refractivity contribution in [2.45, 2.75) is 13.5 Å². The molecular formula is C18H15N3O4. The van der Waals surface area contributed by atoms with Gasteiger partial charge in [0.1, 0.15) is 18.2 Å². The van der Waals surface area contributed by atoms with Gasteiger partial charge < -0.3 is 14.6 Å². The molecule has 0 bridgehead atoms. The second-order valence-electron chi connectivity index (χ2n) is 5.22. The SMILES string of the molecule is CC(=O)c1cccc(OCc2cc(C(=O)Nc3ccccn3)no2)c1. The van der Waals surface area contributed by atoms with E-state index in [4.69, 9.17) is 9.26 Å². The number of ether oxygens (including phenoxy) is 1. The van der Waals surface area contributed by atoms with Crippen LogP contribution in [0.25, 0.3) is 0 Å². The maximum absolute atomic E-state index is 12.1. The summed E-state index contributed by atoms with van der Waals surface area (Å²) in [6, 6.07) is 13.5. The van der Waals surface area contributed by atoms with Crippen LogP contribution in [0, 0.1) is 0 Å². The van der Waals surface area contributed by atoms with Gasteiger partial charge in [-0.1, -0.05) is 23.4 Å². The van der Waals surface area contributed by atoms with E-state index >= 15 is 0 Å². The molecule has 2 aromatic heterocycles. The minimum Gasteiger partial charge on any atom is -0.486 e. The van der Waals surface area contributed by atoms with Gasteiger partial charge >= 0.3 is 0 Å². The van der Waals surface area contributed by atoms with Gasteiger partial charge in [0.15, 0.2) is 17.2 Å². The fraction of sp³-hybridized carbons (Fsp3) is 0.111. The fourth-order valence-corrected chi connectivity index (χ4v) is 2.06. The Morgan fingerprint density at radius 2 is 2.04 bits per heavy atom. The van der Waals surface area contributed by atoms with Gasteiger partial charge in [0, 0.05) is 17.8 Å². The molecule has 2 heterocycles. The number of hydrogen-bond acceptors (Lipinski definition) is 6. The van der Waals surface area contributed by atoms with E-state index in [1.807, 2.05) is 0 Å². The number of benzene rings is 1. The summed E-state index contributed by atoms with van der Waals surface area (Å²) >= 11 is 0. The lowest BCUT2D eigenvalue weighted by atomic mass is 10.1. The highest BCUT2D eigenvalue weighted by Gasteiger charge is 2.13. The minimum atomic E-state index is -0.424. The van der Waals surface area contributed by atoms with Crippen molar-refractivity contribution in [3.8, 4) is 5.75 Å². The number of nitrogens with zero attached hydrogens (tertiary/aromatic N) is 2. The van der Waals surface area contributed by atoms with Crippen molar-refractivity contribution in [3.63, 3.8) is 0 Å². The summed E-state index contributed by atoms with van der Waals surface area (Å²) in [6.45, 7) is 1.58. The van der Waals surface area contributed by atoms with Crippen LogP contribution >= 0.6 is 0 Å². The van der Waals surface area contributed by atoms with Crippen LogP contribution in [0.1, 0.15) is 33.5 Å². The molecule has 3 aromatic rings. The molecule has 25 heavy (non-hydrogen) atoms. The summed E-state index contributed by atoms with van der Waals surface area (Å²) in [6.07, 6.45) is 1.58. The Morgan fingerprint density at radius 3 is 2.80 bits per heavy atom. The zero-order valence-electron chi connectivity index (χ0n) is 13.4. The standard InChI is InChI=1S/C18H15N3O4/c1-12(22)13-5-4-6-14(9-13)24-11-15-10-16(21-25-15)18(23)20-17-7-2-3-8-19-17/h2-10H,11H2,1H3,(H,19,20,23). The van der Waals surface area contributed by atoms with E-state index in [1.54, 1.807) is 48.7 Å². The normalized spacial score (nSPS) is 10.3. The Hall–Kier alpha value is -3.48. The molecule has 3 rings (SSSR count). The van der Waals surface area contributed by atoms with E-state index in [1.165, 1.54) is 13.0 Å². The molecule has 0 spiro atoms. The molecule has 126 valence electrons. The topological polar surface area (TPSA) is 94.3 Å². The van der Waals surface area contributed by atoms with Gasteiger partial charge in [0.2, 0.25) is 0 Å². The van der Waals surface area contributed by atoms with Crippen LogP contribution in [0.2, 0.25) is 0 Å². The number of ketones is 1. The first-order chi connectivity index (χ1) is 12.1. The molecule has 1 aromatic carbocycles. The summed E-state index contributed by atoms with van der Waals surface area (Å²) in [7, 11) is 0. The van der Waals surface area contributed by atoms with Crippen molar-refractivity contribution >= 4 is 17.5 Å². The van der Waals surface area contributed by atoms with Crippen molar-refractivity contribution < 1.29 is 18.8 Å². The molecule has 1 N–H and O–H groups in total. The van der Waals surface area contributed by atoms with Crippen molar-refractivity contribution in [1.82, 2.24) is 10.1 Å². The molecule has 0 saturated heterocycles. The lowest BCUT2D eigenvalue weighted by Gasteiger charge is -2.04. The highest BCUT2D eigenvalue weighted by atomic mass is 16.5. The van der Waals surface area contributed by atoms with E-state index < -0.39 is 5.91 Å². The molecule has 0 aliphatic rings. The van der Waals surface area contributed by atoms with Crippen molar-refractivity contribution in [2.75, 3.05) is 5.32 Å². The first-order valence-electron chi connectivity index (χ1n) is 7.53. The number of amides is 1. The molecular weight excluding hydrogens is 322 g/mol. The molecule has 0 saturated carbocycles. The van der Waals surface area contributed by atoms with Crippen LogP contribution in [0.15, 0.2) is 59.3 Å². The highest BCUT2D eigenvalue weighted by molar-refractivity contribution is 6.02. The third kappa shape index (κ3) is 4.29. The van der Waals surface area contributed by atoms with Crippen LogP contribution in [0.4, 0.5) is 5.82 Å². The maximum atomic E-state index is 12.1. The Kier molecular flexibility index (Phi) is 4.84. The van der Waals surface area contributed by atoms with Crippen molar-refractivity contribution in [1.29, 1.82) is 0 Å². The third-order valence-corrected chi connectivity index (χ3v) is 3.32. The van der Waals surface area contributed by atoms with E-state index in [9.17, 15) is 9.59 Å². The van der Waals surface area contributed by atoms with Gasteiger partial charge in [-0.25, -0.2) is 4.98 Å². The quantitative estimate of drug-likeness (QED) is 0.695. The summed E-state index contributed by atoms with van der Waals surface area (Å²) in [4.78, 5) is 27.4. The molecule has 1 amide bonds. The average Bonchev–Trinajstić information content (AvgIpc) is 3.10. The third-order valence-electron chi connectivity index (χ3n) is 3.32. The Bertz CT molecular complexity index is 890. The molecule has 7 nitrogen and oxygen atoms in total. The molecule has 0 aliphatic carbocycles. The van der Waals surface area contributed by atoms with Crippen LogP contribution in [0.5, 0.6) is 5.75 Å². The lowest BCUT2D eigenvalue weighted by Crippen LogP contribution is -2.13. The largest absolute Gasteiger partial charge is 0.486 e.